The standard InChI is InChI=1S/C19H18N4O2S2/c1-11-6-7-12(2)17-16(11)22-19(27-17)23(3)9-15(24)21-18-20-13(10-26-18)14-5-4-8-25-14/h4-8,10H,9H2,1-3H3,(H,20,21,24). The molecule has 0 aliphatic carbocycles. The molecular formula is C19H18N4O2S2. The summed E-state index contributed by atoms with van der Waals surface area (Å²) < 4.78 is 6.49. The average molecular weight is 399 g/mol. The largest absolute Gasteiger partial charge is 0.463 e. The average Bonchev–Trinajstić information content (AvgIpc) is 3.37. The molecule has 0 fully saturated rings. The lowest BCUT2D eigenvalue weighted by atomic mass is 10.1. The van der Waals surface area contributed by atoms with Crippen LogP contribution in [0.25, 0.3) is 21.7 Å². The summed E-state index contributed by atoms with van der Waals surface area (Å²) in [6.07, 6.45) is 1.60. The Morgan fingerprint density at radius 2 is 2.04 bits per heavy atom. The van der Waals surface area contributed by atoms with Crippen LogP contribution in [0.3, 0.4) is 0 Å². The number of aryl methyl sites for hydroxylation is 2. The molecule has 0 saturated carbocycles. The van der Waals surface area contributed by atoms with E-state index in [1.165, 1.54) is 21.6 Å². The summed E-state index contributed by atoms with van der Waals surface area (Å²) in [6, 6.07) is 7.83. The molecule has 4 aromatic rings. The molecule has 0 aliphatic heterocycles. The molecule has 0 aliphatic rings. The van der Waals surface area contributed by atoms with Gasteiger partial charge in [-0.15, -0.1) is 11.3 Å². The van der Waals surface area contributed by atoms with E-state index in [9.17, 15) is 4.79 Å². The van der Waals surface area contributed by atoms with E-state index >= 15 is 0 Å². The Kier molecular flexibility index (Phi) is 4.67. The van der Waals surface area contributed by atoms with Gasteiger partial charge in [0.2, 0.25) is 5.91 Å². The highest BCUT2D eigenvalue weighted by Crippen LogP contribution is 2.32. The number of rotatable bonds is 5. The second-order valence-corrected chi connectivity index (χ2v) is 8.13. The zero-order valence-electron chi connectivity index (χ0n) is 15.1. The molecule has 1 amide bonds. The SMILES string of the molecule is Cc1ccc(C)c2sc(N(C)CC(=O)Nc3nc(-c4ccco4)cs3)nc12. The summed E-state index contributed by atoms with van der Waals surface area (Å²) in [4.78, 5) is 23.4. The third-order valence-electron chi connectivity index (χ3n) is 4.16. The van der Waals surface area contributed by atoms with E-state index in [2.05, 4.69) is 36.3 Å². The first-order chi connectivity index (χ1) is 13.0. The normalized spacial score (nSPS) is 11.1. The van der Waals surface area contributed by atoms with Crippen LogP contribution in [0.4, 0.5) is 10.3 Å². The number of hydrogen-bond acceptors (Lipinski definition) is 7. The van der Waals surface area contributed by atoms with Gasteiger partial charge in [-0.2, -0.15) is 0 Å². The molecule has 3 heterocycles. The first kappa shape index (κ1) is 17.7. The maximum absolute atomic E-state index is 12.4. The molecule has 1 aromatic carbocycles. The highest BCUT2D eigenvalue weighted by Gasteiger charge is 2.15. The molecule has 3 aromatic heterocycles. The van der Waals surface area contributed by atoms with E-state index in [4.69, 9.17) is 9.40 Å². The van der Waals surface area contributed by atoms with Gasteiger partial charge in [0.05, 0.1) is 23.0 Å². The van der Waals surface area contributed by atoms with E-state index < -0.39 is 0 Å². The second-order valence-electron chi connectivity index (χ2n) is 6.29. The van der Waals surface area contributed by atoms with Crippen molar-refractivity contribution in [3.05, 3.63) is 47.0 Å². The molecule has 6 nitrogen and oxygen atoms in total. The summed E-state index contributed by atoms with van der Waals surface area (Å²) >= 11 is 2.98. The quantitative estimate of drug-likeness (QED) is 0.527. The number of benzene rings is 1. The van der Waals surface area contributed by atoms with Crippen LogP contribution in [0.15, 0.2) is 40.3 Å². The fourth-order valence-corrected chi connectivity index (χ4v) is 4.51. The van der Waals surface area contributed by atoms with Crippen molar-refractivity contribution in [1.82, 2.24) is 9.97 Å². The number of fused-ring (bicyclic) bond motifs is 1. The van der Waals surface area contributed by atoms with Gasteiger partial charge in [0.15, 0.2) is 16.0 Å². The summed E-state index contributed by atoms with van der Waals surface area (Å²) in [5.41, 5.74) is 4.06. The number of carbonyl (C=O) groups is 1. The lowest BCUT2D eigenvalue weighted by Crippen LogP contribution is -2.29. The van der Waals surface area contributed by atoms with Crippen LogP contribution < -0.4 is 10.2 Å². The molecule has 0 bridgehead atoms. The Balaban J connectivity index is 1.45. The van der Waals surface area contributed by atoms with E-state index in [0.29, 0.717) is 16.6 Å². The molecule has 1 N–H and O–H groups in total. The van der Waals surface area contributed by atoms with Gasteiger partial charge in [-0.25, -0.2) is 9.97 Å². The van der Waals surface area contributed by atoms with Crippen molar-refractivity contribution in [2.45, 2.75) is 13.8 Å². The van der Waals surface area contributed by atoms with Crippen molar-refractivity contribution in [3.8, 4) is 11.5 Å². The molecule has 138 valence electrons. The van der Waals surface area contributed by atoms with Gasteiger partial charge < -0.3 is 14.6 Å². The number of anilines is 2. The Bertz CT molecular complexity index is 1060. The highest BCUT2D eigenvalue weighted by molar-refractivity contribution is 7.22. The molecule has 8 heteroatoms. The zero-order chi connectivity index (χ0) is 19.0. The number of carbonyl (C=O) groups excluding carboxylic acids is 1. The Hall–Kier alpha value is -2.71. The van der Waals surface area contributed by atoms with Crippen LogP contribution in [-0.4, -0.2) is 29.5 Å². The predicted octanol–water partition coefficient (Wildman–Crippen LogP) is 4.70. The fraction of sp³-hybridized carbons (Fsp3) is 0.211. The maximum Gasteiger partial charge on any atom is 0.245 e. The summed E-state index contributed by atoms with van der Waals surface area (Å²) in [7, 11) is 1.87. The number of nitrogens with one attached hydrogen (secondary N) is 1. The number of furan rings is 1. The monoisotopic (exact) mass is 398 g/mol. The smallest absolute Gasteiger partial charge is 0.245 e. The van der Waals surface area contributed by atoms with Crippen molar-refractivity contribution < 1.29 is 9.21 Å². The van der Waals surface area contributed by atoms with Crippen LogP contribution in [0.2, 0.25) is 0 Å². The number of hydrogen-bond donors (Lipinski definition) is 1. The maximum atomic E-state index is 12.4. The lowest BCUT2D eigenvalue weighted by Gasteiger charge is -2.14. The number of aromatic nitrogens is 2. The molecule has 0 atom stereocenters. The number of amides is 1. The van der Waals surface area contributed by atoms with Crippen molar-refractivity contribution in [2.75, 3.05) is 23.8 Å². The fourth-order valence-electron chi connectivity index (χ4n) is 2.72. The van der Waals surface area contributed by atoms with Crippen LogP contribution in [0, 0.1) is 13.8 Å². The molecule has 0 unspecified atom stereocenters. The third-order valence-corrected chi connectivity index (χ3v) is 6.23. The Morgan fingerprint density at radius 3 is 2.78 bits per heavy atom. The molecule has 4 rings (SSSR count). The Labute approximate surface area is 164 Å². The minimum absolute atomic E-state index is 0.134. The van der Waals surface area contributed by atoms with Crippen molar-refractivity contribution >= 4 is 49.1 Å². The minimum atomic E-state index is -0.134. The van der Waals surface area contributed by atoms with Gasteiger partial charge in [-0.3, -0.25) is 4.79 Å². The van der Waals surface area contributed by atoms with Crippen LogP contribution in [0.5, 0.6) is 0 Å². The van der Waals surface area contributed by atoms with E-state index in [1.807, 2.05) is 29.5 Å². The third kappa shape index (κ3) is 3.58. The highest BCUT2D eigenvalue weighted by atomic mass is 32.1. The molecule has 0 radical (unpaired) electrons. The minimum Gasteiger partial charge on any atom is -0.463 e. The van der Waals surface area contributed by atoms with Crippen LogP contribution in [-0.2, 0) is 4.79 Å². The van der Waals surface area contributed by atoms with Crippen LogP contribution >= 0.6 is 22.7 Å². The van der Waals surface area contributed by atoms with Gasteiger partial charge in [0.1, 0.15) is 5.69 Å². The molecule has 27 heavy (non-hydrogen) atoms. The van der Waals surface area contributed by atoms with Crippen LogP contribution in [0.1, 0.15) is 11.1 Å². The summed E-state index contributed by atoms with van der Waals surface area (Å²) in [6.45, 7) is 4.33. The van der Waals surface area contributed by atoms with Gasteiger partial charge in [0.25, 0.3) is 0 Å². The van der Waals surface area contributed by atoms with E-state index in [1.54, 1.807) is 17.6 Å². The second kappa shape index (κ2) is 7.13. The van der Waals surface area contributed by atoms with Crippen molar-refractivity contribution in [3.63, 3.8) is 0 Å². The van der Waals surface area contributed by atoms with Crippen molar-refractivity contribution in [1.29, 1.82) is 0 Å². The van der Waals surface area contributed by atoms with E-state index in [-0.39, 0.29) is 12.5 Å². The summed E-state index contributed by atoms with van der Waals surface area (Å²) in [5, 5.41) is 6.08. The van der Waals surface area contributed by atoms with Gasteiger partial charge in [-0.1, -0.05) is 23.5 Å². The molecule has 0 spiro atoms. The summed E-state index contributed by atoms with van der Waals surface area (Å²) in [5.74, 6) is 0.551. The lowest BCUT2D eigenvalue weighted by molar-refractivity contribution is -0.114. The number of likely N-dealkylation sites (N-methyl/N-ethyl adjacent to an activating group) is 1. The van der Waals surface area contributed by atoms with Crippen molar-refractivity contribution in [2.24, 2.45) is 0 Å². The number of thiazole rings is 2. The van der Waals surface area contributed by atoms with Gasteiger partial charge in [-0.05, 0) is 37.1 Å². The molecular weight excluding hydrogens is 380 g/mol. The zero-order valence-corrected chi connectivity index (χ0v) is 16.8. The first-order valence-corrected chi connectivity index (χ1v) is 10.1. The number of nitrogens with zero attached hydrogens (tertiary/aromatic N) is 3. The van der Waals surface area contributed by atoms with Gasteiger partial charge in [0, 0.05) is 12.4 Å². The predicted molar refractivity (Wildman–Crippen MR) is 111 cm³/mol. The van der Waals surface area contributed by atoms with E-state index in [0.717, 1.165) is 16.2 Å². The van der Waals surface area contributed by atoms with Gasteiger partial charge >= 0.3 is 0 Å². The first-order valence-electron chi connectivity index (χ1n) is 8.38. The Morgan fingerprint density at radius 1 is 1.22 bits per heavy atom. The topological polar surface area (TPSA) is 71.3 Å². The molecule has 0 saturated heterocycles.